The summed E-state index contributed by atoms with van der Waals surface area (Å²) in [6.07, 6.45) is 7.97. The highest BCUT2D eigenvalue weighted by Gasteiger charge is 2.15. The SMILES string of the molecule is C=CCCC1C=CC(O)=CC1=O. The summed E-state index contributed by atoms with van der Waals surface area (Å²) < 4.78 is 0. The molecule has 0 aromatic heterocycles. The molecule has 0 aromatic carbocycles. The van der Waals surface area contributed by atoms with Gasteiger partial charge in [-0.2, -0.15) is 0 Å². The third-order valence-corrected chi connectivity index (χ3v) is 1.84. The zero-order chi connectivity index (χ0) is 8.97. The fraction of sp³-hybridized carbons (Fsp3) is 0.300. The van der Waals surface area contributed by atoms with Gasteiger partial charge in [-0.15, -0.1) is 6.58 Å². The highest BCUT2D eigenvalue weighted by atomic mass is 16.3. The van der Waals surface area contributed by atoms with Gasteiger partial charge in [0.1, 0.15) is 5.76 Å². The van der Waals surface area contributed by atoms with Gasteiger partial charge in [-0.05, 0) is 18.9 Å². The quantitative estimate of drug-likeness (QED) is 0.649. The molecule has 0 aliphatic heterocycles. The van der Waals surface area contributed by atoms with Crippen molar-refractivity contribution in [1.82, 2.24) is 0 Å². The first-order valence-electron chi connectivity index (χ1n) is 3.97. The van der Waals surface area contributed by atoms with Crippen molar-refractivity contribution in [2.75, 3.05) is 0 Å². The van der Waals surface area contributed by atoms with Crippen LogP contribution in [-0.4, -0.2) is 10.9 Å². The molecule has 1 unspecified atom stereocenters. The van der Waals surface area contributed by atoms with E-state index < -0.39 is 0 Å². The summed E-state index contributed by atoms with van der Waals surface area (Å²) in [4.78, 5) is 11.2. The zero-order valence-electron chi connectivity index (χ0n) is 6.86. The molecule has 0 fully saturated rings. The number of hydrogen-bond acceptors (Lipinski definition) is 2. The van der Waals surface area contributed by atoms with Gasteiger partial charge in [-0.3, -0.25) is 4.79 Å². The van der Waals surface area contributed by atoms with E-state index in [1.807, 2.05) is 0 Å². The van der Waals surface area contributed by atoms with Gasteiger partial charge in [-0.25, -0.2) is 0 Å². The van der Waals surface area contributed by atoms with E-state index in [-0.39, 0.29) is 17.5 Å². The highest BCUT2D eigenvalue weighted by molar-refractivity contribution is 5.94. The fourth-order valence-corrected chi connectivity index (χ4v) is 1.15. The average molecular weight is 164 g/mol. The molecule has 1 aliphatic carbocycles. The largest absolute Gasteiger partial charge is 0.508 e. The van der Waals surface area contributed by atoms with Crippen LogP contribution in [0.5, 0.6) is 0 Å². The Kier molecular flexibility index (Phi) is 2.86. The number of carbonyl (C=O) groups excluding carboxylic acids is 1. The number of ketones is 1. The van der Waals surface area contributed by atoms with Crippen LogP contribution in [0.2, 0.25) is 0 Å². The maximum Gasteiger partial charge on any atom is 0.166 e. The summed E-state index contributed by atoms with van der Waals surface area (Å²) in [5, 5.41) is 8.96. The van der Waals surface area contributed by atoms with Gasteiger partial charge in [0.05, 0.1) is 0 Å². The fourth-order valence-electron chi connectivity index (χ4n) is 1.15. The van der Waals surface area contributed by atoms with E-state index in [1.165, 1.54) is 6.08 Å². The molecule has 0 aromatic rings. The van der Waals surface area contributed by atoms with Crippen molar-refractivity contribution < 1.29 is 9.90 Å². The maximum absolute atomic E-state index is 11.2. The van der Waals surface area contributed by atoms with Gasteiger partial charge in [0.2, 0.25) is 0 Å². The molecular formula is C10H12O2. The summed E-state index contributed by atoms with van der Waals surface area (Å²) >= 11 is 0. The van der Waals surface area contributed by atoms with Crippen molar-refractivity contribution in [3.05, 3.63) is 36.6 Å². The van der Waals surface area contributed by atoms with Crippen molar-refractivity contribution in [1.29, 1.82) is 0 Å². The minimum Gasteiger partial charge on any atom is -0.508 e. The number of carbonyl (C=O) groups is 1. The Labute approximate surface area is 71.9 Å². The molecule has 2 nitrogen and oxygen atoms in total. The molecule has 1 atom stereocenters. The van der Waals surface area contributed by atoms with E-state index in [0.29, 0.717) is 0 Å². The minimum absolute atomic E-state index is 0.0168. The molecule has 0 bridgehead atoms. The smallest absolute Gasteiger partial charge is 0.166 e. The summed E-state index contributed by atoms with van der Waals surface area (Å²) in [5.74, 6) is -0.0365. The second-order valence-electron chi connectivity index (χ2n) is 2.80. The van der Waals surface area contributed by atoms with E-state index in [0.717, 1.165) is 12.8 Å². The first kappa shape index (κ1) is 8.78. The molecular weight excluding hydrogens is 152 g/mol. The average Bonchev–Trinajstić information content (AvgIpc) is 2.03. The van der Waals surface area contributed by atoms with E-state index >= 15 is 0 Å². The van der Waals surface area contributed by atoms with Crippen LogP contribution in [0.4, 0.5) is 0 Å². The normalized spacial score (nSPS) is 22.2. The lowest BCUT2D eigenvalue weighted by molar-refractivity contribution is -0.117. The van der Waals surface area contributed by atoms with E-state index in [2.05, 4.69) is 6.58 Å². The molecule has 0 spiro atoms. The van der Waals surface area contributed by atoms with Crippen LogP contribution >= 0.6 is 0 Å². The summed E-state index contributed by atoms with van der Waals surface area (Å²) in [6, 6.07) is 0. The van der Waals surface area contributed by atoms with E-state index in [1.54, 1.807) is 18.2 Å². The Bertz CT molecular complexity index is 249. The molecule has 0 saturated heterocycles. The summed E-state index contributed by atoms with van der Waals surface area (Å²) in [5.41, 5.74) is 0. The molecule has 12 heavy (non-hydrogen) atoms. The van der Waals surface area contributed by atoms with Gasteiger partial charge in [0, 0.05) is 12.0 Å². The molecule has 2 heteroatoms. The third-order valence-electron chi connectivity index (χ3n) is 1.84. The van der Waals surface area contributed by atoms with Crippen molar-refractivity contribution in [3.63, 3.8) is 0 Å². The van der Waals surface area contributed by atoms with Crippen LogP contribution in [0.3, 0.4) is 0 Å². The lowest BCUT2D eigenvalue weighted by Crippen LogP contribution is -2.12. The first-order valence-corrected chi connectivity index (χ1v) is 3.97. The number of allylic oxidation sites excluding steroid dienone is 4. The van der Waals surface area contributed by atoms with E-state index in [9.17, 15) is 4.79 Å². The molecule has 1 aliphatic rings. The Hall–Kier alpha value is -1.31. The Morgan fingerprint density at radius 1 is 1.67 bits per heavy atom. The van der Waals surface area contributed by atoms with Crippen LogP contribution in [0.1, 0.15) is 12.8 Å². The number of aliphatic hydroxyl groups is 1. The summed E-state index contributed by atoms with van der Waals surface area (Å²) in [7, 11) is 0. The molecule has 0 amide bonds. The van der Waals surface area contributed by atoms with Crippen LogP contribution in [0.15, 0.2) is 36.6 Å². The summed E-state index contributed by atoms with van der Waals surface area (Å²) in [6.45, 7) is 3.58. The lowest BCUT2D eigenvalue weighted by Gasteiger charge is -2.10. The van der Waals surface area contributed by atoms with Crippen molar-refractivity contribution in [3.8, 4) is 0 Å². The number of aliphatic hydroxyl groups excluding tert-OH is 1. The molecule has 0 radical (unpaired) electrons. The molecule has 0 saturated carbocycles. The first-order chi connectivity index (χ1) is 5.74. The molecule has 0 heterocycles. The minimum atomic E-state index is -0.0705. The second-order valence-corrected chi connectivity index (χ2v) is 2.80. The van der Waals surface area contributed by atoms with Gasteiger partial charge in [-0.1, -0.05) is 12.2 Å². The lowest BCUT2D eigenvalue weighted by atomic mass is 9.94. The number of rotatable bonds is 3. The van der Waals surface area contributed by atoms with Crippen molar-refractivity contribution in [2.24, 2.45) is 5.92 Å². The highest BCUT2D eigenvalue weighted by Crippen LogP contribution is 2.16. The maximum atomic E-state index is 11.2. The van der Waals surface area contributed by atoms with Crippen LogP contribution in [0.25, 0.3) is 0 Å². The van der Waals surface area contributed by atoms with Crippen LogP contribution in [0, 0.1) is 5.92 Å². The zero-order valence-corrected chi connectivity index (χ0v) is 6.86. The van der Waals surface area contributed by atoms with Gasteiger partial charge < -0.3 is 5.11 Å². The van der Waals surface area contributed by atoms with Gasteiger partial charge in [0.25, 0.3) is 0 Å². The van der Waals surface area contributed by atoms with Crippen LogP contribution in [-0.2, 0) is 4.79 Å². The topological polar surface area (TPSA) is 37.3 Å². The third kappa shape index (κ3) is 2.09. The second kappa shape index (κ2) is 3.90. The molecule has 64 valence electrons. The van der Waals surface area contributed by atoms with Gasteiger partial charge in [0.15, 0.2) is 5.78 Å². The predicted molar refractivity (Wildman–Crippen MR) is 47.8 cm³/mol. The van der Waals surface area contributed by atoms with Crippen LogP contribution < -0.4 is 0 Å². The van der Waals surface area contributed by atoms with Crippen molar-refractivity contribution in [2.45, 2.75) is 12.8 Å². The monoisotopic (exact) mass is 164 g/mol. The van der Waals surface area contributed by atoms with Crippen molar-refractivity contribution >= 4 is 5.78 Å². The predicted octanol–water partition coefficient (Wildman–Crippen LogP) is 2.15. The standard InChI is InChI=1S/C10H12O2/c1-2-3-4-8-5-6-9(11)7-10(8)12/h2,5-8,11H,1,3-4H2. The number of hydrogen-bond donors (Lipinski definition) is 1. The molecule has 1 rings (SSSR count). The van der Waals surface area contributed by atoms with Gasteiger partial charge >= 0.3 is 0 Å². The Morgan fingerprint density at radius 3 is 3.00 bits per heavy atom. The Balaban J connectivity index is 2.54. The molecule has 1 N–H and O–H groups in total. The Morgan fingerprint density at radius 2 is 2.42 bits per heavy atom. The van der Waals surface area contributed by atoms with E-state index in [4.69, 9.17) is 5.11 Å².